The Hall–Kier alpha value is -2.05. The number of hydrogen-bond acceptors (Lipinski definition) is 2. The molecule has 0 saturated heterocycles. The monoisotopic (exact) mass is 300 g/mol. The Morgan fingerprint density at radius 1 is 1.19 bits per heavy atom. The van der Waals surface area contributed by atoms with Crippen LogP contribution in [0.5, 0.6) is 0 Å². The molecule has 0 aliphatic heterocycles. The third-order valence-corrected chi connectivity index (χ3v) is 4.27. The van der Waals surface area contributed by atoms with E-state index in [4.69, 9.17) is 16.9 Å². The van der Waals surface area contributed by atoms with Gasteiger partial charge in [0.1, 0.15) is 5.82 Å². The summed E-state index contributed by atoms with van der Waals surface area (Å²) in [4.78, 5) is 0. The summed E-state index contributed by atoms with van der Waals surface area (Å²) in [5.74, 6) is 0.118. The molecule has 0 bridgehead atoms. The van der Waals surface area contributed by atoms with Gasteiger partial charge >= 0.3 is 0 Å². The van der Waals surface area contributed by atoms with E-state index in [2.05, 4.69) is 11.4 Å². The van der Waals surface area contributed by atoms with Crippen LogP contribution in [0.1, 0.15) is 29.9 Å². The third-order valence-electron chi connectivity index (χ3n) is 3.94. The van der Waals surface area contributed by atoms with Crippen LogP contribution in [0.15, 0.2) is 42.5 Å². The van der Waals surface area contributed by atoms with Crippen LogP contribution in [-0.4, -0.2) is 6.04 Å². The van der Waals surface area contributed by atoms with E-state index < -0.39 is 0 Å². The van der Waals surface area contributed by atoms with Crippen LogP contribution in [0.3, 0.4) is 0 Å². The van der Waals surface area contributed by atoms with Gasteiger partial charge in [-0.1, -0.05) is 29.8 Å². The minimum absolute atomic E-state index is 0.134. The Morgan fingerprint density at radius 3 is 2.67 bits per heavy atom. The molecule has 3 rings (SSSR count). The predicted octanol–water partition coefficient (Wildman–Crippen LogP) is 4.71. The van der Waals surface area contributed by atoms with Gasteiger partial charge in [-0.25, -0.2) is 4.39 Å². The number of hydrogen-bond donors (Lipinski definition) is 1. The van der Waals surface area contributed by atoms with E-state index in [0.717, 1.165) is 24.1 Å². The van der Waals surface area contributed by atoms with E-state index in [1.807, 2.05) is 12.1 Å². The van der Waals surface area contributed by atoms with Gasteiger partial charge < -0.3 is 5.32 Å². The molecule has 1 N–H and O–H groups in total. The average molecular weight is 301 g/mol. The number of anilines is 1. The lowest BCUT2D eigenvalue weighted by molar-refractivity contribution is 0.363. The number of halogens is 2. The van der Waals surface area contributed by atoms with Crippen LogP contribution in [0.2, 0.25) is 5.02 Å². The second-order valence-corrected chi connectivity index (χ2v) is 5.74. The van der Waals surface area contributed by atoms with Crippen molar-refractivity contribution in [3.63, 3.8) is 0 Å². The van der Waals surface area contributed by atoms with Gasteiger partial charge in [-0.3, -0.25) is 0 Å². The molecule has 1 fully saturated rings. The molecule has 2 nitrogen and oxygen atoms in total. The highest BCUT2D eigenvalue weighted by atomic mass is 35.5. The number of nitriles is 1. The van der Waals surface area contributed by atoms with Crippen molar-refractivity contribution < 1.29 is 4.39 Å². The first-order chi connectivity index (χ1) is 10.2. The van der Waals surface area contributed by atoms with Gasteiger partial charge in [-0.2, -0.15) is 5.26 Å². The number of nitrogens with one attached hydrogen (secondary N) is 1. The normalized spacial score (nSPS) is 20.4. The fourth-order valence-electron chi connectivity index (χ4n) is 2.72. The summed E-state index contributed by atoms with van der Waals surface area (Å²) < 4.78 is 13.7. The summed E-state index contributed by atoms with van der Waals surface area (Å²) in [5, 5.41) is 12.9. The predicted molar refractivity (Wildman–Crippen MR) is 82.0 cm³/mol. The van der Waals surface area contributed by atoms with Gasteiger partial charge in [0.05, 0.1) is 22.3 Å². The van der Waals surface area contributed by atoms with Gasteiger partial charge in [0.25, 0.3) is 0 Å². The summed E-state index contributed by atoms with van der Waals surface area (Å²) in [6.45, 7) is 0. The van der Waals surface area contributed by atoms with Crippen LogP contribution in [-0.2, 0) is 0 Å². The maximum Gasteiger partial charge on any atom is 0.126 e. The lowest BCUT2D eigenvalue weighted by Crippen LogP contribution is -2.34. The molecule has 0 heterocycles. The highest BCUT2D eigenvalue weighted by molar-refractivity contribution is 6.33. The average Bonchev–Trinajstić information content (AvgIpc) is 2.45. The summed E-state index contributed by atoms with van der Waals surface area (Å²) in [7, 11) is 0. The van der Waals surface area contributed by atoms with Crippen molar-refractivity contribution in [2.24, 2.45) is 0 Å². The second-order valence-electron chi connectivity index (χ2n) is 5.34. The zero-order valence-electron chi connectivity index (χ0n) is 11.3. The molecule has 1 saturated carbocycles. The Labute approximate surface area is 128 Å². The standard InChI is InChI=1S/C17H14ClFN2/c18-15-6-5-11(10-20)7-17(15)21-13-8-12(9-13)14-3-1-2-4-16(14)19/h1-7,12-13,21H,8-9H2. The fourth-order valence-corrected chi connectivity index (χ4v) is 2.89. The zero-order chi connectivity index (χ0) is 14.8. The first-order valence-electron chi connectivity index (χ1n) is 6.88. The van der Waals surface area contributed by atoms with Crippen molar-refractivity contribution in [2.75, 3.05) is 5.32 Å². The number of rotatable bonds is 3. The quantitative estimate of drug-likeness (QED) is 0.891. The molecular weight excluding hydrogens is 287 g/mol. The lowest BCUT2D eigenvalue weighted by atomic mass is 9.75. The Morgan fingerprint density at radius 2 is 1.95 bits per heavy atom. The summed E-state index contributed by atoms with van der Waals surface area (Å²) in [6.07, 6.45) is 1.74. The third kappa shape index (κ3) is 2.86. The maximum atomic E-state index is 13.7. The van der Waals surface area contributed by atoms with Crippen LogP contribution >= 0.6 is 11.6 Å². The van der Waals surface area contributed by atoms with Crippen molar-refractivity contribution >= 4 is 17.3 Å². The van der Waals surface area contributed by atoms with Gasteiger partial charge in [-0.05, 0) is 48.6 Å². The molecular formula is C17H14ClFN2. The summed E-state index contributed by atoms with van der Waals surface area (Å²) in [6, 6.07) is 14.4. The maximum absolute atomic E-state index is 13.7. The molecule has 0 radical (unpaired) electrons. The van der Waals surface area contributed by atoms with E-state index in [9.17, 15) is 4.39 Å². The van der Waals surface area contributed by atoms with Gasteiger partial charge in [0.2, 0.25) is 0 Å². The Kier molecular flexibility index (Phi) is 3.81. The van der Waals surface area contributed by atoms with Gasteiger partial charge in [0, 0.05) is 6.04 Å². The molecule has 106 valence electrons. The van der Waals surface area contributed by atoms with E-state index >= 15 is 0 Å². The van der Waals surface area contributed by atoms with E-state index in [1.54, 1.807) is 24.3 Å². The number of nitrogens with zero attached hydrogens (tertiary/aromatic N) is 1. The van der Waals surface area contributed by atoms with Crippen LogP contribution in [0.4, 0.5) is 10.1 Å². The molecule has 1 aliphatic rings. The van der Waals surface area contributed by atoms with Crippen molar-refractivity contribution in [2.45, 2.75) is 24.8 Å². The molecule has 0 unspecified atom stereocenters. The molecule has 2 aromatic carbocycles. The summed E-state index contributed by atoms with van der Waals surface area (Å²) >= 11 is 6.13. The Balaban J connectivity index is 1.66. The first-order valence-corrected chi connectivity index (χ1v) is 7.26. The highest BCUT2D eigenvalue weighted by Gasteiger charge is 2.32. The van der Waals surface area contributed by atoms with Crippen molar-refractivity contribution in [3.8, 4) is 6.07 Å². The Bertz CT molecular complexity index is 702. The van der Waals surface area contributed by atoms with Crippen molar-refractivity contribution in [1.29, 1.82) is 5.26 Å². The van der Waals surface area contributed by atoms with Crippen molar-refractivity contribution in [3.05, 3.63) is 64.4 Å². The van der Waals surface area contributed by atoms with Crippen molar-refractivity contribution in [1.82, 2.24) is 0 Å². The zero-order valence-corrected chi connectivity index (χ0v) is 12.1. The molecule has 0 amide bonds. The topological polar surface area (TPSA) is 35.8 Å². The molecule has 0 aromatic heterocycles. The highest BCUT2D eigenvalue weighted by Crippen LogP contribution is 2.40. The van der Waals surface area contributed by atoms with Crippen LogP contribution < -0.4 is 5.32 Å². The first kappa shape index (κ1) is 13.9. The molecule has 0 spiro atoms. The van der Waals surface area contributed by atoms with E-state index in [1.165, 1.54) is 6.07 Å². The minimum atomic E-state index is -0.134. The molecule has 1 aliphatic carbocycles. The van der Waals surface area contributed by atoms with Crippen LogP contribution in [0.25, 0.3) is 0 Å². The molecule has 2 aromatic rings. The van der Waals surface area contributed by atoms with Gasteiger partial charge in [-0.15, -0.1) is 0 Å². The van der Waals surface area contributed by atoms with E-state index in [0.29, 0.717) is 10.6 Å². The van der Waals surface area contributed by atoms with Gasteiger partial charge in [0.15, 0.2) is 0 Å². The smallest absolute Gasteiger partial charge is 0.126 e. The minimum Gasteiger partial charge on any atom is -0.381 e. The molecule has 4 heteroatoms. The fraction of sp³-hybridized carbons (Fsp3) is 0.235. The second kappa shape index (κ2) is 5.75. The van der Waals surface area contributed by atoms with E-state index in [-0.39, 0.29) is 17.8 Å². The number of benzene rings is 2. The molecule has 21 heavy (non-hydrogen) atoms. The lowest BCUT2D eigenvalue weighted by Gasteiger charge is -2.37. The van der Waals surface area contributed by atoms with Crippen LogP contribution in [0, 0.1) is 17.1 Å². The molecule has 0 atom stereocenters. The largest absolute Gasteiger partial charge is 0.381 e. The summed E-state index contributed by atoms with van der Waals surface area (Å²) in [5.41, 5.74) is 2.13. The SMILES string of the molecule is N#Cc1ccc(Cl)c(NC2CC(c3ccccc3F)C2)c1.